The van der Waals surface area contributed by atoms with E-state index in [9.17, 15) is 5.11 Å². The summed E-state index contributed by atoms with van der Waals surface area (Å²) in [7, 11) is 0. The molecule has 2 aromatic rings. The highest BCUT2D eigenvalue weighted by Crippen LogP contribution is 2.24. The van der Waals surface area contributed by atoms with E-state index in [0.29, 0.717) is 0 Å². The van der Waals surface area contributed by atoms with Crippen LogP contribution in [0.4, 0.5) is 0 Å². The van der Waals surface area contributed by atoms with Crippen molar-refractivity contribution in [1.82, 2.24) is 0 Å². The van der Waals surface area contributed by atoms with E-state index in [1.807, 2.05) is 24.3 Å². The summed E-state index contributed by atoms with van der Waals surface area (Å²) in [5.41, 5.74) is 3.39. The average molecular weight is 256 g/mol. The zero-order valence-electron chi connectivity index (χ0n) is 10.4. The van der Waals surface area contributed by atoms with Crippen LogP contribution in [0.3, 0.4) is 0 Å². The minimum Gasteiger partial charge on any atom is -0.508 e. The molecule has 0 spiro atoms. The van der Waals surface area contributed by atoms with Crippen molar-refractivity contribution in [3.63, 3.8) is 0 Å². The van der Waals surface area contributed by atoms with Crippen LogP contribution in [0, 0.1) is 6.92 Å². The Hall–Kier alpha value is -1.67. The maximum Gasteiger partial charge on any atom is 0.115 e. The second-order valence-corrected chi connectivity index (χ2v) is 5.30. The van der Waals surface area contributed by atoms with Gasteiger partial charge in [0.05, 0.1) is 0 Å². The van der Waals surface area contributed by atoms with Crippen molar-refractivity contribution in [2.75, 3.05) is 0 Å². The molecule has 0 saturated heterocycles. The quantitative estimate of drug-likeness (QED) is 0.625. The fraction of sp³-hybridized carbons (Fsp3) is 0.125. The first-order chi connectivity index (χ1) is 8.65. The third kappa shape index (κ3) is 3.41. The first-order valence-corrected chi connectivity index (χ1v) is 6.80. The van der Waals surface area contributed by atoms with Crippen LogP contribution in [0.25, 0.3) is 5.76 Å². The van der Waals surface area contributed by atoms with Gasteiger partial charge in [0, 0.05) is 16.2 Å². The number of hydrogen-bond donors (Lipinski definition) is 1. The lowest BCUT2D eigenvalue weighted by atomic mass is 10.2. The van der Waals surface area contributed by atoms with Crippen LogP contribution in [0.2, 0.25) is 0 Å². The van der Waals surface area contributed by atoms with Crippen molar-refractivity contribution in [1.29, 1.82) is 0 Å². The van der Waals surface area contributed by atoms with Crippen molar-refractivity contribution in [2.24, 2.45) is 0 Å². The summed E-state index contributed by atoms with van der Waals surface area (Å²) < 4.78 is 0. The van der Waals surface area contributed by atoms with Gasteiger partial charge in [-0.05, 0) is 24.6 Å². The molecule has 92 valence electrons. The first kappa shape index (κ1) is 12.8. The highest BCUT2D eigenvalue weighted by atomic mass is 32.2. The summed E-state index contributed by atoms with van der Waals surface area (Å²) in [6.45, 7) is 5.61. The highest BCUT2D eigenvalue weighted by Gasteiger charge is 1.99. The lowest BCUT2D eigenvalue weighted by Crippen LogP contribution is -1.83. The van der Waals surface area contributed by atoms with E-state index in [2.05, 4.69) is 37.8 Å². The SMILES string of the molecule is C=C(O)c1ccc(SCc2cccc(C)c2)cc1. The molecule has 0 unspecified atom stereocenters. The standard InChI is InChI=1S/C16H16OS/c1-12-4-3-5-14(10-12)11-18-16-8-6-15(7-9-16)13(2)17/h3-10,17H,2,11H2,1H3. The lowest BCUT2D eigenvalue weighted by molar-refractivity contribution is 0.514. The highest BCUT2D eigenvalue weighted by molar-refractivity contribution is 7.98. The smallest absolute Gasteiger partial charge is 0.115 e. The summed E-state index contributed by atoms with van der Waals surface area (Å²) in [6, 6.07) is 16.3. The van der Waals surface area contributed by atoms with Crippen LogP contribution < -0.4 is 0 Å². The Morgan fingerprint density at radius 3 is 2.50 bits per heavy atom. The van der Waals surface area contributed by atoms with Crippen LogP contribution in [-0.2, 0) is 5.75 Å². The molecule has 0 aromatic heterocycles. The Bertz CT molecular complexity index is 543. The molecule has 2 heteroatoms. The van der Waals surface area contributed by atoms with Crippen molar-refractivity contribution < 1.29 is 5.11 Å². The molecule has 0 fully saturated rings. The Morgan fingerprint density at radius 1 is 1.17 bits per heavy atom. The lowest BCUT2D eigenvalue weighted by Gasteiger charge is -2.04. The van der Waals surface area contributed by atoms with Gasteiger partial charge in [0.25, 0.3) is 0 Å². The van der Waals surface area contributed by atoms with Crippen LogP contribution >= 0.6 is 11.8 Å². The predicted octanol–water partition coefficient (Wildman–Crippen LogP) is 4.82. The molecule has 1 nitrogen and oxygen atoms in total. The molecule has 1 N–H and O–H groups in total. The fourth-order valence-electron chi connectivity index (χ4n) is 1.71. The van der Waals surface area contributed by atoms with Gasteiger partial charge in [-0.1, -0.05) is 48.5 Å². The Kier molecular flexibility index (Phi) is 4.11. The molecule has 0 radical (unpaired) electrons. The predicted molar refractivity (Wildman–Crippen MR) is 78.8 cm³/mol. The zero-order chi connectivity index (χ0) is 13.0. The molecule has 18 heavy (non-hydrogen) atoms. The Labute approximate surface area is 112 Å². The number of aryl methyl sites for hydroxylation is 1. The molecule has 0 heterocycles. The summed E-state index contributed by atoms with van der Waals surface area (Å²) in [4.78, 5) is 1.20. The monoisotopic (exact) mass is 256 g/mol. The minimum atomic E-state index is 0.116. The largest absolute Gasteiger partial charge is 0.508 e. The number of rotatable bonds is 4. The molecule has 0 atom stereocenters. The van der Waals surface area contributed by atoms with E-state index in [4.69, 9.17) is 0 Å². The van der Waals surface area contributed by atoms with Crippen molar-refractivity contribution in [3.8, 4) is 0 Å². The van der Waals surface area contributed by atoms with Gasteiger partial charge < -0.3 is 5.11 Å². The normalized spacial score (nSPS) is 10.3. The van der Waals surface area contributed by atoms with Crippen molar-refractivity contribution >= 4 is 17.5 Å². The van der Waals surface area contributed by atoms with Crippen LogP contribution in [0.5, 0.6) is 0 Å². The Balaban J connectivity index is 2.00. The van der Waals surface area contributed by atoms with E-state index in [-0.39, 0.29) is 5.76 Å². The third-order valence-electron chi connectivity index (χ3n) is 2.68. The third-order valence-corrected chi connectivity index (χ3v) is 3.76. The second-order valence-electron chi connectivity index (χ2n) is 4.25. The molecule has 0 aliphatic heterocycles. The maximum atomic E-state index is 9.25. The maximum absolute atomic E-state index is 9.25. The van der Waals surface area contributed by atoms with Crippen molar-refractivity contribution in [3.05, 3.63) is 71.8 Å². The van der Waals surface area contributed by atoms with Crippen LogP contribution in [0.15, 0.2) is 60.0 Å². The van der Waals surface area contributed by atoms with Gasteiger partial charge in [-0.15, -0.1) is 11.8 Å². The molecule has 2 rings (SSSR count). The van der Waals surface area contributed by atoms with Crippen LogP contribution in [-0.4, -0.2) is 5.11 Å². The van der Waals surface area contributed by atoms with Gasteiger partial charge in [-0.25, -0.2) is 0 Å². The molecule has 2 aromatic carbocycles. The number of thioether (sulfide) groups is 1. The van der Waals surface area contributed by atoms with Crippen molar-refractivity contribution in [2.45, 2.75) is 17.6 Å². The van der Waals surface area contributed by atoms with Crippen LogP contribution in [0.1, 0.15) is 16.7 Å². The van der Waals surface area contributed by atoms with Gasteiger partial charge >= 0.3 is 0 Å². The second kappa shape index (κ2) is 5.78. The molecule has 0 amide bonds. The zero-order valence-corrected chi connectivity index (χ0v) is 11.2. The summed E-state index contributed by atoms with van der Waals surface area (Å²) in [5, 5.41) is 9.25. The van der Waals surface area contributed by atoms with Gasteiger partial charge in [0.15, 0.2) is 0 Å². The first-order valence-electron chi connectivity index (χ1n) is 5.82. The summed E-state index contributed by atoms with van der Waals surface area (Å²) in [6.07, 6.45) is 0. The molecule has 0 aliphatic carbocycles. The average Bonchev–Trinajstić information content (AvgIpc) is 2.37. The van der Waals surface area contributed by atoms with E-state index >= 15 is 0 Å². The van der Waals surface area contributed by atoms with E-state index < -0.39 is 0 Å². The minimum absolute atomic E-state index is 0.116. The van der Waals surface area contributed by atoms with Gasteiger partial charge in [-0.3, -0.25) is 0 Å². The molecule has 0 bridgehead atoms. The fourth-order valence-corrected chi connectivity index (χ4v) is 2.55. The number of aliphatic hydroxyl groups excluding tert-OH is 1. The van der Waals surface area contributed by atoms with Gasteiger partial charge in [0.2, 0.25) is 0 Å². The van der Waals surface area contributed by atoms with E-state index in [1.54, 1.807) is 11.8 Å². The van der Waals surface area contributed by atoms with Gasteiger partial charge in [0.1, 0.15) is 5.76 Å². The molecular weight excluding hydrogens is 240 g/mol. The molecule has 0 aliphatic rings. The topological polar surface area (TPSA) is 20.2 Å². The Morgan fingerprint density at radius 2 is 1.89 bits per heavy atom. The molecular formula is C16H16OS. The molecule has 0 saturated carbocycles. The summed E-state index contributed by atoms with van der Waals surface area (Å²) >= 11 is 1.79. The summed E-state index contributed by atoms with van der Waals surface area (Å²) in [5.74, 6) is 1.08. The number of benzene rings is 2. The van der Waals surface area contributed by atoms with E-state index in [1.165, 1.54) is 16.0 Å². The number of hydrogen-bond acceptors (Lipinski definition) is 2. The number of aliphatic hydroxyl groups is 1. The van der Waals surface area contributed by atoms with Gasteiger partial charge in [-0.2, -0.15) is 0 Å². The van der Waals surface area contributed by atoms with E-state index in [0.717, 1.165) is 11.3 Å².